The summed E-state index contributed by atoms with van der Waals surface area (Å²) in [6.07, 6.45) is 1.70. The quantitative estimate of drug-likeness (QED) is 0.360. The first-order chi connectivity index (χ1) is 14.5. The van der Waals surface area contributed by atoms with Crippen LogP contribution >= 0.6 is 34.5 Å². The van der Waals surface area contributed by atoms with Gasteiger partial charge in [-0.1, -0.05) is 46.7 Å². The molecule has 0 aliphatic heterocycles. The first kappa shape index (κ1) is 20.6. The van der Waals surface area contributed by atoms with Gasteiger partial charge in [0, 0.05) is 11.2 Å². The van der Waals surface area contributed by atoms with Crippen molar-refractivity contribution < 1.29 is 9.53 Å². The molecule has 0 spiro atoms. The second kappa shape index (κ2) is 9.00. The van der Waals surface area contributed by atoms with Gasteiger partial charge in [0.05, 0.1) is 27.5 Å². The highest BCUT2D eigenvalue weighted by Gasteiger charge is 2.22. The number of fused-ring (bicyclic) bond motifs is 1. The number of nitrogens with zero attached hydrogens (tertiary/aromatic N) is 3. The van der Waals surface area contributed by atoms with Gasteiger partial charge in [-0.05, 0) is 55.0 Å². The second-order valence-electron chi connectivity index (χ2n) is 6.58. The van der Waals surface area contributed by atoms with Crippen LogP contribution in [0.2, 0.25) is 10.0 Å². The Morgan fingerprint density at radius 2 is 1.90 bits per heavy atom. The normalized spacial score (nSPS) is 10.9. The summed E-state index contributed by atoms with van der Waals surface area (Å²) in [7, 11) is 0. The molecule has 1 amide bonds. The third kappa shape index (κ3) is 4.56. The molecule has 0 aliphatic carbocycles. The molecule has 0 N–H and O–H groups in total. The molecule has 152 valence electrons. The highest BCUT2D eigenvalue weighted by Crippen LogP contribution is 2.36. The standard InChI is InChI=1S/C22H17Cl2N3O2S/c1-14-5-10-18(24)21-20(14)26-22(30-21)27(12-16-4-2-3-11-25-16)19(28)13-29-17-8-6-15(23)7-9-17/h2-11H,12-13H2,1H3. The minimum atomic E-state index is -0.233. The molecule has 0 unspecified atom stereocenters. The number of carbonyl (C=O) groups excluding carboxylic acids is 1. The average Bonchev–Trinajstić information content (AvgIpc) is 3.21. The van der Waals surface area contributed by atoms with Gasteiger partial charge < -0.3 is 4.74 Å². The number of rotatable bonds is 6. The predicted molar refractivity (Wildman–Crippen MR) is 122 cm³/mol. The smallest absolute Gasteiger partial charge is 0.267 e. The van der Waals surface area contributed by atoms with E-state index in [4.69, 9.17) is 32.9 Å². The number of anilines is 1. The first-order valence-corrected chi connectivity index (χ1v) is 10.7. The minimum absolute atomic E-state index is 0.142. The van der Waals surface area contributed by atoms with Gasteiger partial charge in [-0.15, -0.1) is 0 Å². The molecule has 8 heteroatoms. The number of carbonyl (C=O) groups is 1. The van der Waals surface area contributed by atoms with Crippen LogP contribution in [0.15, 0.2) is 60.8 Å². The molecule has 2 heterocycles. The number of pyridine rings is 1. The zero-order valence-electron chi connectivity index (χ0n) is 16.0. The second-order valence-corrected chi connectivity index (χ2v) is 8.40. The SMILES string of the molecule is Cc1ccc(Cl)c2sc(N(Cc3ccccn3)C(=O)COc3ccc(Cl)cc3)nc12. The van der Waals surface area contributed by atoms with Crippen LogP contribution in [0.3, 0.4) is 0 Å². The van der Waals surface area contributed by atoms with Gasteiger partial charge in [-0.2, -0.15) is 0 Å². The van der Waals surface area contributed by atoms with E-state index >= 15 is 0 Å². The highest BCUT2D eigenvalue weighted by atomic mass is 35.5. The van der Waals surface area contributed by atoms with Gasteiger partial charge >= 0.3 is 0 Å². The number of thiazole rings is 1. The fourth-order valence-corrected chi connectivity index (χ4v) is 4.34. The zero-order chi connectivity index (χ0) is 21.1. The summed E-state index contributed by atoms with van der Waals surface area (Å²) in [5.41, 5.74) is 2.54. The Labute approximate surface area is 187 Å². The fourth-order valence-electron chi connectivity index (χ4n) is 2.88. The Morgan fingerprint density at radius 3 is 2.60 bits per heavy atom. The van der Waals surface area contributed by atoms with Crippen LogP contribution in [0.5, 0.6) is 5.75 Å². The molecular formula is C22H17Cl2N3O2S. The Balaban J connectivity index is 1.64. The lowest BCUT2D eigenvalue weighted by Gasteiger charge is -2.19. The first-order valence-electron chi connectivity index (χ1n) is 9.15. The molecule has 0 aliphatic rings. The van der Waals surface area contributed by atoms with E-state index in [1.807, 2.05) is 37.3 Å². The molecule has 0 atom stereocenters. The maximum absolute atomic E-state index is 13.1. The molecule has 4 aromatic rings. The van der Waals surface area contributed by atoms with Crippen LogP contribution < -0.4 is 9.64 Å². The van der Waals surface area contributed by atoms with Crippen molar-refractivity contribution in [2.75, 3.05) is 11.5 Å². The molecule has 4 rings (SSSR count). The summed E-state index contributed by atoms with van der Waals surface area (Å²) in [6, 6.07) is 16.2. The van der Waals surface area contributed by atoms with E-state index in [0.717, 1.165) is 21.5 Å². The third-order valence-corrected chi connectivity index (χ3v) is 6.23. The van der Waals surface area contributed by atoms with Crippen LogP contribution in [0, 0.1) is 6.92 Å². The van der Waals surface area contributed by atoms with E-state index in [0.29, 0.717) is 20.9 Å². The van der Waals surface area contributed by atoms with E-state index in [1.165, 1.54) is 11.3 Å². The van der Waals surface area contributed by atoms with Crippen molar-refractivity contribution in [3.8, 4) is 5.75 Å². The largest absolute Gasteiger partial charge is 0.484 e. The number of aromatic nitrogens is 2. The topological polar surface area (TPSA) is 55.3 Å². The molecule has 30 heavy (non-hydrogen) atoms. The maximum Gasteiger partial charge on any atom is 0.267 e. The van der Waals surface area contributed by atoms with Gasteiger partial charge in [-0.25, -0.2) is 4.98 Å². The van der Waals surface area contributed by atoms with Gasteiger partial charge in [0.1, 0.15) is 5.75 Å². The molecule has 0 bridgehead atoms. The van der Waals surface area contributed by atoms with E-state index in [-0.39, 0.29) is 19.1 Å². The van der Waals surface area contributed by atoms with E-state index in [1.54, 1.807) is 35.4 Å². The van der Waals surface area contributed by atoms with Gasteiger partial charge in [-0.3, -0.25) is 14.7 Å². The van der Waals surface area contributed by atoms with E-state index in [9.17, 15) is 4.79 Å². The molecule has 2 aromatic carbocycles. The average molecular weight is 458 g/mol. The minimum Gasteiger partial charge on any atom is -0.484 e. The summed E-state index contributed by atoms with van der Waals surface area (Å²) < 4.78 is 6.52. The van der Waals surface area contributed by atoms with Crippen molar-refractivity contribution >= 4 is 55.8 Å². The molecular weight excluding hydrogens is 441 g/mol. The summed E-state index contributed by atoms with van der Waals surface area (Å²) in [5, 5.41) is 1.77. The summed E-state index contributed by atoms with van der Waals surface area (Å²) >= 11 is 13.6. The van der Waals surface area contributed by atoms with Crippen LogP contribution in [-0.2, 0) is 11.3 Å². The van der Waals surface area contributed by atoms with Crippen molar-refractivity contribution in [1.29, 1.82) is 0 Å². The monoisotopic (exact) mass is 457 g/mol. The van der Waals surface area contributed by atoms with Crippen molar-refractivity contribution in [2.45, 2.75) is 13.5 Å². The third-order valence-electron chi connectivity index (χ3n) is 4.44. The fraction of sp³-hybridized carbons (Fsp3) is 0.136. The molecule has 2 aromatic heterocycles. The van der Waals surface area contributed by atoms with Crippen LogP contribution in [0.25, 0.3) is 10.2 Å². The van der Waals surface area contributed by atoms with Crippen molar-refractivity contribution in [3.63, 3.8) is 0 Å². The summed E-state index contributed by atoms with van der Waals surface area (Å²) in [5.74, 6) is 0.331. The van der Waals surface area contributed by atoms with Crippen LogP contribution in [-0.4, -0.2) is 22.5 Å². The van der Waals surface area contributed by atoms with Crippen molar-refractivity contribution in [1.82, 2.24) is 9.97 Å². The highest BCUT2D eigenvalue weighted by molar-refractivity contribution is 7.23. The number of benzene rings is 2. The predicted octanol–water partition coefficient (Wildman–Crippen LogP) is 5.92. The number of hydrogen-bond acceptors (Lipinski definition) is 5. The van der Waals surface area contributed by atoms with Gasteiger partial charge in [0.25, 0.3) is 5.91 Å². The van der Waals surface area contributed by atoms with Crippen molar-refractivity contribution in [2.24, 2.45) is 0 Å². The summed E-state index contributed by atoms with van der Waals surface area (Å²) in [6.45, 7) is 2.11. The van der Waals surface area contributed by atoms with Crippen LogP contribution in [0.1, 0.15) is 11.3 Å². The van der Waals surface area contributed by atoms with Gasteiger partial charge in [0.2, 0.25) is 0 Å². The molecule has 5 nitrogen and oxygen atoms in total. The Morgan fingerprint density at radius 1 is 1.10 bits per heavy atom. The number of aryl methyl sites for hydroxylation is 1. The number of hydrogen-bond donors (Lipinski definition) is 0. The molecule has 0 saturated heterocycles. The van der Waals surface area contributed by atoms with E-state index in [2.05, 4.69) is 4.98 Å². The zero-order valence-corrected chi connectivity index (χ0v) is 18.3. The molecule has 0 saturated carbocycles. The van der Waals surface area contributed by atoms with Crippen LogP contribution in [0.4, 0.5) is 5.13 Å². The number of ether oxygens (including phenoxy) is 1. The lowest BCUT2D eigenvalue weighted by Crippen LogP contribution is -2.34. The van der Waals surface area contributed by atoms with E-state index < -0.39 is 0 Å². The molecule has 0 fully saturated rings. The Hall–Kier alpha value is -2.67. The van der Waals surface area contributed by atoms with Crippen molar-refractivity contribution in [3.05, 3.63) is 82.1 Å². The number of amides is 1. The summed E-state index contributed by atoms with van der Waals surface area (Å²) in [4.78, 5) is 23.7. The molecule has 0 radical (unpaired) electrons. The number of halogens is 2. The van der Waals surface area contributed by atoms with Gasteiger partial charge in [0.15, 0.2) is 11.7 Å². The lowest BCUT2D eigenvalue weighted by molar-refractivity contribution is -0.120. The maximum atomic E-state index is 13.1. The lowest BCUT2D eigenvalue weighted by atomic mass is 10.2. The Kier molecular flexibility index (Phi) is 6.18. The Bertz CT molecular complexity index is 1140.